The van der Waals surface area contributed by atoms with Crippen LogP contribution in [0, 0.1) is 0 Å². The Morgan fingerprint density at radius 2 is 1.50 bits per heavy atom. The Balaban J connectivity index is 1.02. The molecule has 4 aliphatic rings. The third-order valence-corrected chi connectivity index (χ3v) is 9.76. The molecule has 0 N–H and O–H groups in total. The van der Waals surface area contributed by atoms with Crippen molar-refractivity contribution >= 4 is 18.7 Å². The molecule has 2 atom stereocenters. The molecule has 3 aromatic carbocycles. The van der Waals surface area contributed by atoms with E-state index in [0.29, 0.717) is 19.8 Å². The van der Waals surface area contributed by atoms with Crippen LogP contribution in [0.5, 0.6) is 0 Å². The number of carbonyl (C=O) groups is 1. The van der Waals surface area contributed by atoms with E-state index in [1.807, 2.05) is 4.90 Å². The molecule has 42 heavy (non-hydrogen) atoms. The van der Waals surface area contributed by atoms with Gasteiger partial charge in [-0.15, -0.1) is 0 Å². The van der Waals surface area contributed by atoms with Gasteiger partial charge in [0.1, 0.15) is 6.61 Å². The summed E-state index contributed by atoms with van der Waals surface area (Å²) in [7, 11) is -0.361. The average Bonchev–Trinajstić information content (AvgIpc) is 3.40. The van der Waals surface area contributed by atoms with Crippen molar-refractivity contribution in [2.24, 2.45) is 0 Å². The maximum Gasteiger partial charge on any atom is 0.494 e. The first-order valence-corrected chi connectivity index (χ1v) is 15.1. The number of benzene rings is 3. The van der Waals surface area contributed by atoms with Crippen molar-refractivity contribution in [3.05, 3.63) is 101 Å². The van der Waals surface area contributed by atoms with E-state index >= 15 is 0 Å². The lowest BCUT2D eigenvalue weighted by atomic mass is 9.78. The van der Waals surface area contributed by atoms with E-state index in [1.54, 1.807) is 0 Å². The van der Waals surface area contributed by atoms with Crippen LogP contribution in [0.15, 0.2) is 84.4 Å². The predicted molar refractivity (Wildman–Crippen MR) is 164 cm³/mol. The van der Waals surface area contributed by atoms with Crippen LogP contribution in [-0.2, 0) is 25.2 Å². The summed E-state index contributed by atoms with van der Waals surface area (Å²) in [6.45, 7) is 9.64. The molecule has 3 heterocycles. The number of fused-ring (bicyclic) bond motifs is 5. The van der Waals surface area contributed by atoms with Gasteiger partial charge < -0.3 is 18.8 Å². The molecule has 2 saturated heterocycles. The summed E-state index contributed by atoms with van der Waals surface area (Å²) in [5, 5.41) is 0. The zero-order valence-electron chi connectivity index (χ0n) is 24.8. The van der Waals surface area contributed by atoms with Crippen molar-refractivity contribution in [1.82, 2.24) is 4.90 Å². The maximum atomic E-state index is 13.5. The second-order valence-corrected chi connectivity index (χ2v) is 13.0. The van der Waals surface area contributed by atoms with E-state index in [1.165, 1.54) is 33.4 Å². The summed E-state index contributed by atoms with van der Waals surface area (Å²) in [5.74, 6) is 0.0495. The van der Waals surface area contributed by atoms with Gasteiger partial charge in [-0.2, -0.15) is 0 Å². The van der Waals surface area contributed by atoms with E-state index < -0.39 is 0 Å². The number of carbonyl (C=O) groups excluding carboxylic acids is 1. The summed E-state index contributed by atoms with van der Waals surface area (Å²) >= 11 is 0. The Labute approximate surface area is 248 Å². The first kappa shape index (κ1) is 27.4. The summed E-state index contributed by atoms with van der Waals surface area (Å²) in [6.07, 6.45) is 3.57. The molecule has 2 bridgehead atoms. The third kappa shape index (κ3) is 4.78. The van der Waals surface area contributed by atoms with Crippen LogP contribution < -0.4 is 5.46 Å². The number of hydrogen-bond acceptors (Lipinski definition) is 5. The van der Waals surface area contributed by atoms with Gasteiger partial charge in [0.25, 0.3) is 0 Å². The second-order valence-electron chi connectivity index (χ2n) is 13.0. The van der Waals surface area contributed by atoms with E-state index in [0.717, 1.165) is 18.3 Å². The lowest BCUT2D eigenvalue weighted by Gasteiger charge is -2.44. The van der Waals surface area contributed by atoms with E-state index in [9.17, 15) is 4.79 Å². The van der Waals surface area contributed by atoms with Crippen molar-refractivity contribution in [3.63, 3.8) is 0 Å². The van der Waals surface area contributed by atoms with Crippen molar-refractivity contribution in [2.75, 3.05) is 19.8 Å². The molecule has 3 aromatic rings. The quantitative estimate of drug-likeness (QED) is 0.287. The molecular formula is C35H38BNO5. The van der Waals surface area contributed by atoms with Gasteiger partial charge in [-0.05, 0) is 73.8 Å². The minimum Gasteiger partial charge on any atom is -0.448 e. The Kier molecular flexibility index (Phi) is 6.80. The smallest absolute Gasteiger partial charge is 0.448 e. The van der Waals surface area contributed by atoms with Crippen LogP contribution in [-0.4, -0.2) is 61.2 Å². The normalized spacial score (nSPS) is 23.8. The number of amides is 1. The molecule has 216 valence electrons. The molecule has 2 unspecified atom stereocenters. The van der Waals surface area contributed by atoms with Crippen molar-refractivity contribution in [2.45, 2.75) is 69.7 Å². The summed E-state index contributed by atoms with van der Waals surface area (Å²) < 4.78 is 24.3. The van der Waals surface area contributed by atoms with Gasteiger partial charge in [-0.1, -0.05) is 84.4 Å². The summed E-state index contributed by atoms with van der Waals surface area (Å²) in [5.41, 5.74) is 7.78. The number of ether oxygens (including phenoxy) is 2. The second kappa shape index (κ2) is 10.4. The van der Waals surface area contributed by atoms with Gasteiger partial charge >= 0.3 is 13.2 Å². The fourth-order valence-electron chi connectivity index (χ4n) is 6.80. The van der Waals surface area contributed by atoms with E-state index in [2.05, 4.69) is 107 Å². The van der Waals surface area contributed by atoms with Crippen LogP contribution in [0.4, 0.5) is 4.79 Å². The molecule has 3 aliphatic heterocycles. The van der Waals surface area contributed by atoms with Crippen LogP contribution in [0.25, 0.3) is 11.1 Å². The Hall–Kier alpha value is -3.39. The fraction of sp³-hybridized carbons (Fsp3) is 0.400. The van der Waals surface area contributed by atoms with Crippen LogP contribution in [0.2, 0.25) is 0 Å². The van der Waals surface area contributed by atoms with Gasteiger partial charge in [0.05, 0.1) is 36.5 Å². The molecule has 1 aliphatic carbocycles. The van der Waals surface area contributed by atoms with Crippen molar-refractivity contribution in [3.8, 4) is 11.1 Å². The van der Waals surface area contributed by atoms with Crippen LogP contribution in [0.3, 0.4) is 0 Å². The first-order chi connectivity index (χ1) is 20.2. The summed E-state index contributed by atoms with van der Waals surface area (Å²) in [6, 6.07) is 25.2. The van der Waals surface area contributed by atoms with E-state index in [-0.39, 0.29) is 42.4 Å². The van der Waals surface area contributed by atoms with Crippen molar-refractivity contribution in [1.29, 1.82) is 0 Å². The van der Waals surface area contributed by atoms with Crippen molar-refractivity contribution < 1.29 is 23.6 Å². The highest BCUT2D eigenvalue weighted by atomic mass is 16.7. The predicted octanol–water partition coefficient (Wildman–Crippen LogP) is 5.88. The SMILES string of the molecule is CC1(C)OB(c2ccc(CC3=CC4COCC(C3)N4C(=O)OCC3c4ccccc4-c4ccccc43)cc2)OC1(C)C. The number of morpholine rings is 1. The highest BCUT2D eigenvalue weighted by Crippen LogP contribution is 2.44. The zero-order chi connectivity index (χ0) is 29.1. The molecule has 6 nitrogen and oxygen atoms in total. The number of nitrogens with zero attached hydrogens (tertiary/aromatic N) is 1. The molecule has 1 amide bonds. The minimum absolute atomic E-state index is 0.0246. The van der Waals surface area contributed by atoms with Crippen LogP contribution >= 0.6 is 0 Å². The number of rotatable bonds is 5. The lowest BCUT2D eigenvalue weighted by molar-refractivity contribution is -0.0363. The standard InChI is InChI=1S/C35H38BNO5/c1-34(2)35(3,4)42-36(41-34)25-15-13-23(14-16-25)17-24-18-26-20-39-21-27(19-24)37(26)33(38)40-22-32-30-11-7-5-9-28(30)29-10-6-8-12-31(29)32/h5-16,18,26-27,32H,17,19-22H2,1-4H3. The molecule has 0 spiro atoms. The highest BCUT2D eigenvalue weighted by molar-refractivity contribution is 6.62. The fourth-order valence-corrected chi connectivity index (χ4v) is 6.80. The maximum absolute atomic E-state index is 13.5. The Morgan fingerprint density at radius 1 is 0.881 bits per heavy atom. The van der Waals surface area contributed by atoms with Gasteiger partial charge in [0.2, 0.25) is 0 Å². The summed E-state index contributed by atoms with van der Waals surface area (Å²) in [4.78, 5) is 15.4. The van der Waals surface area contributed by atoms with Gasteiger partial charge in [-0.3, -0.25) is 4.90 Å². The average molecular weight is 564 g/mol. The molecule has 2 fully saturated rings. The van der Waals surface area contributed by atoms with E-state index in [4.69, 9.17) is 18.8 Å². The Bertz CT molecular complexity index is 1470. The van der Waals surface area contributed by atoms with Crippen LogP contribution in [0.1, 0.15) is 56.7 Å². The topological polar surface area (TPSA) is 57.2 Å². The first-order valence-electron chi connectivity index (χ1n) is 15.1. The lowest BCUT2D eigenvalue weighted by Crippen LogP contribution is -2.56. The molecule has 0 saturated carbocycles. The molecular weight excluding hydrogens is 525 g/mol. The van der Waals surface area contributed by atoms with Gasteiger partial charge in [0, 0.05) is 5.92 Å². The monoisotopic (exact) mass is 563 g/mol. The number of hydrogen-bond donors (Lipinski definition) is 0. The molecule has 7 heteroatoms. The Morgan fingerprint density at radius 3 is 2.12 bits per heavy atom. The third-order valence-electron chi connectivity index (χ3n) is 9.76. The molecule has 7 rings (SSSR count). The largest absolute Gasteiger partial charge is 0.494 e. The molecule has 0 aromatic heterocycles. The van der Waals surface area contributed by atoms with Gasteiger partial charge in [-0.25, -0.2) is 4.79 Å². The molecule has 0 radical (unpaired) electrons. The highest BCUT2D eigenvalue weighted by Gasteiger charge is 2.51. The van der Waals surface area contributed by atoms with Gasteiger partial charge in [0.15, 0.2) is 0 Å². The minimum atomic E-state index is -0.361. The zero-order valence-corrected chi connectivity index (χ0v) is 24.8.